The minimum absolute atomic E-state index is 0.0703. The summed E-state index contributed by atoms with van der Waals surface area (Å²) in [7, 11) is 2.24. The second kappa shape index (κ2) is 7.53. The van der Waals surface area contributed by atoms with Gasteiger partial charge in [-0.15, -0.1) is 0 Å². The average Bonchev–Trinajstić information content (AvgIpc) is 2.50. The molecule has 2 N–H and O–H groups in total. The van der Waals surface area contributed by atoms with Crippen LogP contribution < -0.4 is 10.2 Å². The Morgan fingerprint density at radius 3 is 2.45 bits per heavy atom. The van der Waals surface area contributed by atoms with E-state index in [1.807, 2.05) is 4.90 Å². The maximum atomic E-state index is 12.3. The van der Waals surface area contributed by atoms with Gasteiger partial charge in [-0.3, -0.25) is 0 Å². The van der Waals surface area contributed by atoms with Crippen LogP contribution in [0.1, 0.15) is 26.7 Å². The summed E-state index contributed by atoms with van der Waals surface area (Å²) in [6.45, 7) is 6.06. The number of hydrogen-bond acceptors (Lipinski definition) is 1. The third-order valence-electron chi connectivity index (χ3n) is 4.51. The molecule has 0 aliphatic carbocycles. The third kappa shape index (κ3) is 4.28. The lowest BCUT2D eigenvalue weighted by Gasteiger charge is -2.36. The van der Waals surface area contributed by atoms with Gasteiger partial charge >= 0.3 is 6.03 Å². The number of rotatable bonds is 3. The quantitative estimate of drug-likeness (QED) is 0.868. The fraction of sp³-hybridized carbons (Fsp3) is 0.562. The minimum atomic E-state index is -0.0703. The van der Waals surface area contributed by atoms with E-state index in [-0.39, 0.29) is 6.03 Å². The molecule has 2 rings (SSSR count). The van der Waals surface area contributed by atoms with E-state index in [2.05, 4.69) is 26.2 Å². The molecule has 22 heavy (non-hydrogen) atoms. The number of anilines is 1. The van der Waals surface area contributed by atoms with E-state index in [0.717, 1.165) is 25.9 Å². The summed E-state index contributed by atoms with van der Waals surface area (Å²) in [6.07, 6.45) is 2.08. The van der Waals surface area contributed by atoms with Crippen molar-refractivity contribution in [2.24, 2.45) is 0 Å². The lowest BCUT2D eigenvalue weighted by atomic mass is 10.0. The summed E-state index contributed by atoms with van der Waals surface area (Å²) in [5.74, 6) is 0. The number of nitrogens with one attached hydrogen (secondary N) is 2. The average molecular weight is 345 g/mol. The molecule has 1 aliphatic heterocycles. The van der Waals surface area contributed by atoms with Crippen LogP contribution in [0.3, 0.4) is 0 Å². The van der Waals surface area contributed by atoms with Crippen molar-refractivity contribution >= 4 is 34.9 Å². The lowest BCUT2D eigenvalue weighted by Crippen LogP contribution is -3.16. The Bertz CT molecular complexity index is 528. The fourth-order valence-electron chi connectivity index (χ4n) is 2.79. The van der Waals surface area contributed by atoms with Gasteiger partial charge in [-0.1, -0.05) is 23.2 Å². The highest BCUT2D eigenvalue weighted by Crippen LogP contribution is 2.25. The lowest BCUT2D eigenvalue weighted by molar-refractivity contribution is -0.928. The summed E-state index contributed by atoms with van der Waals surface area (Å²) in [4.78, 5) is 15.7. The largest absolute Gasteiger partial charge is 0.333 e. The van der Waals surface area contributed by atoms with E-state index in [9.17, 15) is 4.79 Å². The molecule has 2 amide bonds. The Morgan fingerprint density at radius 2 is 1.91 bits per heavy atom. The highest BCUT2D eigenvalue weighted by Gasteiger charge is 2.28. The van der Waals surface area contributed by atoms with Crippen molar-refractivity contribution in [1.82, 2.24) is 4.90 Å². The first-order chi connectivity index (χ1) is 10.4. The molecule has 0 spiro atoms. The van der Waals surface area contributed by atoms with Crippen LogP contribution >= 0.6 is 23.2 Å². The predicted octanol–water partition coefficient (Wildman–Crippen LogP) is 2.91. The Morgan fingerprint density at radius 1 is 1.27 bits per heavy atom. The Hall–Kier alpha value is -0.970. The van der Waals surface area contributed by atoms with Gasteiger partial charge in [-0.2, -0.15) is 0 Å². The van der Waals surface area contributed by atoms with Crippen molar-refractivity contribution in [3.8, 4) is 0 Å². The molecule has 1 aromatic carbocycles. The molecule has 1 aromatic rings. The number of quaternary nitrogens is 1. The maximum Gasteiger partial charge on any atom is 0.321 e. The zero-order valence-corrected chi connectivity index (χ0v) is 14.8. The first-order valence-electron chi connectivity index (χ1n) is 7.72. The summed E-state index contributed by atoms with van der Waals surface area (Å²) in [5, 5.41) is 3.81. The van der Waals surface area contributed by atoms with Crippen LogP contribution in [0, 0.1) is 0 Å². The molecule has 0 bridgehead atoms. The number of amides is 2. The fourth-order valence-corrected chi connectivity index (χ4v) is 3.08. The number of urea groups is 1. The van der Waals surface area contributed by atoms with Crippen LogP contribution in [0.25, 0.3) is 0 Å². The van der Waals surface area contributed by atoms with E-state index in [1.54, 1.807) is 23.1 Å². The second-order valence-corrected chi connectivity index (χ2v) is 7.03. The number of halogens is 2. The van der Waals surface area contributed by atoms with Crippen LogP contribution in [0.4, 0.5) is 10.5 Å². The number of piperidine rings is 1. The van der Waals surface area contributed by atoms with Crippen molar-refractivity contribution < 1.29 is 9.69 Å². The van der Waals surface area contributed by atoms with E-state index in [1.165, 1.54) is 0 Å². The van der Waals surface area contributed by atoms with Crippen molar-refractivity contribution in [2.45, 2.75) is 38.8 Å². The number of hydrogen-bond donors (Lipinski definition) is 2. The summed E-state index contributed by atoms with van der Waals surface area (Å²) in [6, 6.07) is 6.29. The topological polar surface area (TPSA) is 36.8 Å². The second-order valence-electron chi connectivity index (χ2n) is 6.22. The number of nitrogens with zero attached hydrogens (tertiary/aromatic N) is 1. The van der Waals surface area contributed by atoms with Crippen LogP contribution in [0.15, 0.2) is 18.2 Å². The minimum Gasteiger partial charge on any atom is -0.333 e. The van der Waals surface area contributed by atoms with Gasteiger partial charge in [0.1, 0.15) is 0 Å². The SMILES string of the molecule is CC(C)[NH+](C)C1CCN(C(=O)Nc2ccc(Cl)c(Cl)c2)CC1. The molecule has 1 atom stereocenters. The normalized spacial score (nSPS) is 17.6. The molecule has 0 saturated carbocycles. The van der Waals surface area contributed by atoms with Gasteiger partial charge in [0.15, 0.2) is 0 Å². The van der Waals surface area contributed by atoms with Crippen LogP contribution in [-0.2, 0) is 0 Å². The van der Waals surface area contributed by atoms with Crippen molar-refractivity contribution in [1.29, 1.82) is 0 Å². The zero-order chi connectivity index (χ0) is 16.3. The molecule has 1 heterocycles. The molecular formula is C16H24Cl2N3O+. The first-order valence-corrected chi connectivity index (χ1v) is 8.48. The van der Waals surface area contributed by atoms with E-state index in [4.69, 9.17) is 23.2 Å². The summed E-state index contributed by atoms with van der Waals surface area (Å²) < 4.78 is 0. The van der Waals surface area contributed by atoms with Gasteiger partial charge in [0, 0.05) is 31.6 Å². The number of carbonyl (C=O) groups excluding carboxylic acids is 1. The third-order valence-corrected chi connectivity index (χ3v) is 5.25. The van der Waals surface area contributed by atoms with Gasteiger partial charge in [-0.05, 0) is 32.0 Å². The first kappa shape index (κ1) is 17.4. The van der Waals surface area contributed by atoms with Crippen molar-refractivity contribution in [3.63, 3.8) is 0 Å². The van der Waals surface area contributed by atoms with Gasteiger partial charge in [-0.25, -0.2) is 4.79 Å². The Labute approximate surface area is 142 Å². The van der Waals surface area contributed by atoms with Gasteiger partial charge in [0.25, 0.3) is 0 Å². The standard InChI is InChI=1S/C16H23Cl2N3O/c1-11(2)20(3)13-6-8-21(9-7-13)16(22)19-12-4-5-14(17)15(18)10-12/h4-5,10-11,13H,6-9H2,1-3H3,(H,19,22)/p+1. The Balaban J connectivity index is 1.88. The monoisotopic (exact) mass is 344 g/mol. The summed E-state index contributed by atoms with van der Waals surface area (Å²) >= 11 is 11.8. The van der Waals surface area contributed by atoms with Gasteiger partial charge in [0.05, 0.1) is 29.2 Å². The molecule has 1 unspecified atom stereocenters. The van der Waals surface area contributed by atoms with Crippen LogP contribution in [0.5, 0.6) is 0 Å². The Kier molecular flexibility index (Phi) is 5.95. The molecule has 122 valence electrons. The molecule has 1 aliphatic rings. The molecule has 6 heteroatoms. The van der Waals surface area contributed by atoms with E-state index in [0.29, 0.717) is 27.8 Å². The highest BCUT2D eigenvalue weighted by molar-refractivity contribution is 6.42. The van der Waals surface area contributed by atoms with Gasteiger partial charge in [0.2, 0.25) is 0 Å². The molecule has 1 fully saturated rings. The van der Waals surface area contributed by atoms with Crippen molar-refractivity contribution in [3.05, 3.63) is 28.2 Å². The molecule has 0 radical (unpaired) electrons. The number of likely N-dealkylation sites (tertiary alicyclic amines) is 1. The van der Waals surface area contributed by atoms with Crippen LogP contribution in [0.2, 0.25) is 10.0 Å². The molecule has 0 aromatic heterocycles. The summed E-state index contributed by atoms with van der Waals surface area (Å²) in [5.41, 5.74) is 0.673. The number of carbonyl (C=O) groups is 1. The van der Waals surface area contributed by atoms with Gasteiger partial charge < -0.3 is 15.1 Å². The maximum absolute atomic E-state index is 12.3. The molecule has 4 nitrogen and oxygen atoms in total. The van der Waals surface area contributed by atoms with Crippen molar-refractivity contribution in [2.75, 3.05) is 25.5 Å². The molecular weight excluding hydrogens is 321 g/mol. The predicted molar refractivity (Wildman–Crippen MR) is 92.1 cm³/mol. The number of benzene rings is 1. The zero-order valence-electron chi connectivity index (χ0n) is 13.3. The van der Waals surface area contributed by atoms with E-state index < -0.39 is 0 Å². The molecule has 1 saturated heterocycles. The highest BCUT2D eigenvalue weighted by atomic mass is 35.5. The smallest absolute Gasteiger partial charge is 0.321 e. The van der Waals surface area contributed by atoms with Crippen LogP contribution in [-0.4, -0.2) is 43.2 Å². The van der Waals surface area contributed by atoms with E-state index >= 15 is 0 Å².